The van der Waals surface area contributed by atoms with E-state index < -0.39 is 0 Å². The Bertz CT molecular complexity index is 410. The van der Waals surface area contributed by atoms with Crippen LogP contribution in [0, 0.1) is 0 Å². The molecule has 4 heteroatoms. The Morgan fingerprint density at radius 1 is 1.12 bits per heavy atom. The number of aromatic nitrogens is 1. The number of nitrogens with zero attached hydrogens (tertiary/aromatic N) is 1. The first-order chi connectivity index (χ1) is 7.83. The lowest BCUT2D eigenvalue weighted by atomic mass is 9.90. The summed E-state index contributed by atoms with van der Waals surface area (Å²) in [5, 5.41) is 8.80. The molecule has 0 unspecified atom stereocenters. The molecule has 1 heterocycles. The average molecular weight is 228 g/mol. The monoisotopic (exact) mass is 228 g/mol. The highest BCUT2D eigenvalue weighted by atomic mass is 32.2. The second-order valence-corrected chi connectivity index (χ2v) is 4.21. The highest BCUT2D eigenvalue weighted by Crippen LogP contribution is 2.20. The molecular weight excluding hydrogens is 217 g/mol. The summed E-state index contributed by atoms with van der Waals surface area (Å²) in [4.78, 5) is 5.52. The smallest absolute Gasteiger partial charge is 0.328 e. The summed E-state index contributed by atoms with van der Waals surface area (Å²) in [6.45, 7) is 0. The van der Waals surface area contributed by atoms with Crippen LogP contribution in [0.4, 0.5) is 0 Å². The Hall–Kier alpha value is -1.26. The van der Waals surface area contributed by atoms with Gasteiger partial charge in [0.15, 0.2) is 0 Å². The largest absolute Gasteiger partial charge is 0.450 e. The zero-order chi connectivity index (χ0) is 11.4. The van der Waals surface area contributed by atoms with Gasteiger partial charge >= 0.3 is 7.48 Å². The summed E-state index contributed by atoms with van der Waals surface area (Å²) in [5.41, 5.74) is 2.71. The highest BCUT2D eigenvalue weighted by molar-refractivity contribution is 7.98. The van der Waals surface area contributed by atoms with Crippen molar-refractivity contribution >= 4 is 24.7 Å². The van der Waals surface area contributed by atoms with E-state index >= 15 is 0 Å². The van der Waals surface area contributed by atoms with Crippen molar-refractivity contribution in [3.05, 3.63) is 42.6 Å². The van der Waals surface area contributed by atoms with Gasteiger partial charge in [-0.1, -0.05) is 18.2 Å². The summed E-state index contributed by atoms with van der Waals surface area (Å²) in [5.74, 6) is 0. The van der Waals surface area contributed by atoms with Crippen LogP contribution in [0.2, 0.25) is 0 Å². The second kappa shape index (κ2) is 5.19. The molecular formula is C12H11BNOS. The van der Waals surface area contributed by atoms with Gasteiger partial charge in [-0.15, -0.1) is 11.8 Å². The van der Waals surface area contributed by atoms with E-state index in [1.54, 1.807) is 18.0 Å². The van der Waals surface area contributed by atoms with Crippen molar-refractivity contribution in [2.45, 2.75) is 4.90 Å². The summed E-state index contributed by atoms with van der Waals surface area (Å²) in [6, 6.07) is 12.0. The molecule has 0 bridgehead atoms. The Morgan fingerprint density at radius 2 is 1.88 bits per heavy atom. The fourth-order valence-electron chi connectivity index (χ4n) is 1.41. The minimum atomic E-state index is 0.712. The maximum absolute atomic E-state index is 8.80. The highest BCUT2D eigenvalue weighted by Gasteiger charge is 2.00. The van der Waals surface area contributed by atoms with Gasteiger partial charge in [0.05, 0.1) is 5.69 Å². The third-order valence-corrected chi connectivity index (χ3v) is 3.06. The third-order valence-electron chi connectivity index (χ3n) is 2.32. The predicted octanol–water partition coefficient (Wildman–Crippen LogP) is 1.71. The number of pyridine rings is 1. The molecule has 0 aliphatic heterocycles. The zero-order valence-electron chi connectivity index (χ0n) is 8.92. The van der Waals surface area contributed by atoms with E-state index in [0.717, 1.165) is 18.7 Å². The Morgan fingerprint density at radius 3 is 2.38 bits per heavy atom. The Balaban J connectivity index is 2.28. The van der Waals surface area contributed by atoms with Crippen LogP contribution in [0.1, 0.15) is 0 Å². The molecule has 2 nitrogen and oxygen atoms in total. The lowest BCUT2D eigenvalue weighted by molar-refractivity contribution is 0.615. The maximum atomic E-state index is 8.80. The van der Waals surface area contributed by atoms with E-state index in [1.165, 1.54) is 4.90 Å². The molecule has 0 atom stereocenters. The molecule has 2 rings (SSSR count). The van der Waals surface area contributed by atoms with Crippen molar-refractivity contribution in [3.63, 3.8) is 0 Å². The van der Waals surface area contributed by atoms with Crippen molar-refractivity contribution in [1.82, 2.24) is 4.98 Å². The molecule has 0 amide bonds. The van der Waals surface area contributed by atoms with Crippen LogP contribution in [0.3, 0.4) is 0 Å². The molecule has 1 N–H and O–H groups in total. The Labute approximate surface area is 100 Å². The summed E-state index contributed by atoms with van der Waals surface area (Å²) in [7, 11) is 1.05. The standard InChI is InChI=1S/C12H11BNOS/c1-16-11-5-2-9(3-6-11)12-7-4-10(13-15)8-14-12/h2-8,15H,1H3. The minimum Gasteiger partial charge on any atom is -0.450 e. The van der Waals surface area contributed by atoms with Gasteiger partial charge in [0.25, 0.3) is 0 Å². The molecule has 2 aromatic rings. The lowest BCUT2D eigenvalue weighted by Crippen LogP contribution is -2.13. The average Bonchev–Trinajstić information content (AvgIpc) is 2.39. The quantitative estimate of drug-likeness (QED) is 0.641. The van der Waals surface area contributed by atoms with Crippen LogP contribution in [0.5, 0.6) is 0 Å². The molecule has 0 aliphatic carbocycles. The van der Waals surface area contributed by atoms with E-state index in [1.807, 2.05) is 12.1 Å². The fraction of sp³-hybridized carbons (Fsp3) is 0.0833. The van der Waals surface area contributed by atoms with Gasteiger partial charge in [-0.05, 0) is 29.9 Å². The number of benzene rings is 1. The van der Waals surface area contributed by atoms with E-state index in [0.29, 0.717) is 5.46 Å². The predicted molar refractivity (Wildman–Crippen MR) is 69.1 cm³/mol. The molecule has 16 heavy (non-hydrogen) atoms. The molecule has 0 fully saturated rings. The van der Waals surface area contributed by atoms with Gasteiger partial charge in [0.2, 0.25) is 0 Å². The molecule has 0 saturated heterocycles. The van der Waals surface area contributed by atoms with Crippen LogP contribution in [-0.4, -0.2) is 23.7 Å². The van der Waals surface area contributed by atoms with E-state index in [4.69, 9.17) is 5.02 Å². The van der Waals surface area contributed by atoms with Crippen molar-refractivity contribution in [2.75, 3.05) is 6.26 Å². The van der Waals surface area contributed by atoms with Gasteiger partial charge in [0, 0.05) is 16.7 Å². The van der Waals surface area contributed by atoms with Crippen LogP contribution < -0.4 is 5.46 Å². The molecule has 1 aromatic carbocycles. The van der Waals surface area contributed by atoms with Crippen molar-refractivity contribution in [3.8, 4) is 11.3 Å². The van der Waals surface area contributed by atoms with Gasteiger partial charge in [-0.25, -0.2) is 0 Å². The van der Waals surface area contributed by atoms with E-state index in [9.17, 15) is 0 Å². The van der Waals surface area contributed by atoms with E-state index in [2.05, 4.69) is 35.5 Å². The number of rotatable bonds is 3. The maximum Gasteiger partial charge on any atom is 0.328 e. The van der Waals surface area contributed by atoms with Gasteiger partial charge in [-0.2, -0.15) is 0 Å². The normalized spacial score (nSPS) is 10.1. The van der Waals surface area contributed by atoms with Crippen molar-refractivity contribution < 1.29 is 5.02 Å². The summed E-state index contributed by atoms with van der Waals surface area (Å²) in [6.07, 6.45) is 3.71. The summed E-state index contributed by atoms with van der Waals surface area (Å²) < 4.78 is 0. The number of hydrogen-bond donors (Lipinski definition) is 1. The van der Waals surface area contributed by atoms with Crippen LogP contribution in [0.15, 0.2) is 47.5 Å². The van der Waals surface area contributed by atoms with Gasteiger partial charge < -0.3 is 5.02 Å². The molecule has 1 aromatic heterocycles. The van der Waals surface area contributed by atoms with Crippen LogP contribution in [0.25, 0.3) is 11.3 Å². The SMILES string of the molecule is CSc1ccc(-c2ccc([B]O)cn2)cc1. The first kappa shape index (κ1) is 11.2. The second-order valence-electron chi connectivity index (χ2n) is 3.33. The van der Waals surface area contributed by atoms with Crippen LogP contribution in [-0.2, 0) is 0 Å². The molecule has 0 spiro atoms. The first-order valence-corrected chi connectivity index (χ1v) is 6.14. The molecule has 0 aliphatic rings. The topological polar surface area (TPSA) is 33.1 Å². The first-order valence-electron chi connectivity index (χ1n) is 4.91. The van der Waals surface area contributed by atoms with Crippen molar-refractivity contribution in [1.29, 1.82) is 0 Å². The number of thioether (sulfide) groups is 1. The molecule has 79 valence electrons. The lowest BCUT2D eigenvalue weighted by Gasteiger charge is -2.02. The fourth-order valence-corrected chi connectivity index (χ4v) is 1.82. The van der Waals surface area contributed by atoms with E-state index in [-0.39, 0.29) is 0 Å². The minimum absolute atomic E-state index is 0.712. The third kappa shape index (κ3) is 2.46. The van der Waals surface area contributed by atoms with Gasteiger partial charge in [-0.3, -0.25) is 4.98 Å². The summed E-state index contributed by atoms with van der Waals surface area (Å²) >= 11 is 1.72. The van der Waals surface area contributed by atoms with Gasteiger partial charge in [0.1, 0.15) is 0 Å². The molecule has 1 radical (unpaired) electrons. The zero-order valence-corrected chi connectivity index (χ0v) is 9.74. The Kier molecular flexibility index (Phi) is 3.64. The van der Waals surface area contributed by atoms with Crippen molar-refractivity contribution in [2.24, 2.45) is 0 Å². The van der Waals surface area contributed by atoms with Crippen LogP contribution >= 0.6 is 11.8 Å². The molecule has 0 saturated carbocycles. The number of hydrogen-bond acceptors (Lipinski definition) is 3.